The highest BCUT2D eigenvalue weighted by atomic mass is 19.1. The SMILES string of the molecule is CCON(C(C)=O)[C@H]1CCN(Cc2ccc(F)c(NC(=O)Nc3ccc(C)nc3)c2)C1. The Morgan fingerprint density at radius 2 is 2.10 bits per heavy atom. The van der Waals surface area contributed by atoms with Gasteiger partial charge in [-0.2, -0.15) is 0 Å². The number of amides is 3. The lowest BCUT2D eigenvalue weighted by atomic mass is 10.2. The lowest BCUT2D eigenvalue weighted by Gasteiger charge is -2.26. The third-order valence-corrected chi connectivity index (χ3v) is 5.01. The lowest BCUT2D eigenvalue weighted by molar-refractivity contribution is -0.194. The molecule has 1 aromatic heterocycles. The number of nitrogens with zero attached hydrogens (tertiary/aromatic N) is 3. The Morgan fingerprint density at radius 3 is 2.77 bits per heavy atom. The van der Waals surface area contributed by atoms with Gasteiger partial charge in [-0.15, -0.1) is 0 Å². The molecule has 166 valence electrons. The van der Waals surface area contributed by atoms with Crippen LogP contribution in [0.15, 0.2) is 36.5 Å². The van der Waals surface area contributed by atoms with Crippen LogP contribution < -0.4 is 10.6 Å². The van der Waals surface area contributed by atoms with Gasteiger partial charge in [-0.3, -0.25) is 19.5 Å². The molecule has 0 saturated carbocycles. The number of hydrogen-bond acceptors (Lipinski definition) is 5. The van der Waals surface area contributed by atoms with Crippen molar-refractivity contribution >= 4 is 23.3 Å². The number of hydroxylamine groups is 2. The van der Waals surface area contributed by atoms with Crippen molar-refractivity contribution in [1.29, 1.82) is 0 Å². The monoisotopic (exact) mass is 429 g/mol. The second-order valence-corrected chi connectivity index (χ2v) is 7.52. The van der Waals surface area contributed by atoms with E-state index in [1.54, 1.807) is 24.3 Å². The van der Waals surface area contributed by atoms with E-state index in [2.05, 4.69) is 20.5 Å². The van der Waals surface area contributed by atoms with Crippen LogP contribution in [0.3, 0.4) is 0 Å². The summed E-state index contributed by atoms with van der Waals surface area (Å²) in [6.45, 7) is 7.66. The first-order chi connectivity index (χ1) is 14.9. The zero-order valence-electron chi connectivity index (χ0n) is 18.0. The van der Waals surface area contributed by atoms with E-state index >= 15 is 0 Å². The van der Waals surface area contributed by atoms with Crippen molar-refractivity contribution in [1.82, 2.24) is 14.9 Å². The summed E-state index contributed by atoms with van der Waals surface area (Å²) in [5.74, 6) is -0.629. The number of halogens is 1. The molecule has 2 heterocycles. The van der Waals surface area contributed by atoms with Gasteiger partial charge < -0.3 is 10.6 Å². The van der Waals surface area contributed by atoms with E-state index in [9.17, 15) is 14.0 Å². The second-order valence-electron chi connectivity index (χ2n) is 7.52. The number of nitrogens with one attached hydrogen (secondary N) is 2. The van der Waals surface area contributed by atoms with Crippen LogP contribution in [0, 0.1) is 12.7 Å². The highest BCUT2D eigenvalue weighted by Crippen LogP contribution is 2.22. The molecule has 2 N–H and O–H groups in total. The van der Waals surface area contributed by atoms with Crippen LogP contribution in [-0.4, -0.2) is 52.6 Å². The Morgan fingerprint density at radius 1 is 1.29 bits per heavy atom. The average Bonchev–Trinajstić information content (AvgIpc) is 3.18. The van der Waals surface area contributed by atoms with Crippen LogP contribution in [0.2, 0.25) is 0 Å². The summed E-state index contributed by atoms with van der Waals surface area (Å²) in [6, 6.07) is 7.61. The van der Waals surface area contributed by atoms with Gasteiger partial charge in [0, 0.05) is 32.3 Å². The molecule has 2 aromatic rings. The van der Waals surface area contributed by atoms with Gasteiger partial charge in [-0.1, -0.05) is 6.07 Å². The summed E-state index contributed by atoms with van der Waals surface area (Å²) in [7, 11) is 0. The van der Waals surface area contributed by atoms with Gasteiger partial charge in [0.15, 0.2) is 0 Å². The molecule has 0 radical (unpaired) electrons. The first kappa shape index (κ1) is 22.6. The van der Waals surface area contributed by atoms with E-state index in [0.29, 0.717) is 25.4 Å². The standard InChI is InChI=1S/C22H28FN5O3/c1-4-31-28(16(3)29)19-9-10-27(14-19)13-17-6-8-20(23)21(11-17)26-22(30)25-18-7-5-15(2)24-12-18/h5-8,11-12,19H,4,9-10,13-14H2,1-3H3,(H2,25,26,30)/t19-/m0/s1. The van der Waals surface area contributed by atoms with Gasteiger partial charge in [0.05, 0.1) is 30.2 Å². The number of urea groups is 1. The predicted molar refractivity (Wildman–Crippen MR) is 116 cm³/mol. The maximum absolute atomic E-state index is 14.2. The zero-order chi connectivity index (χ0) is 22.4. The molecule has 3 amide bonds. The molecule has 3 rings (SSSR count). The fourth-order valence-corrected chi connectivity index (χ4v) is 3.59. The van der Waals surface area contributed by atoms with Crippen LogP contribution in [0.1, 0.15) is 31.5 Å². The van der Waals surface area contributed by atoms with Crippen molar-refractivity contribution in [2.75, 3.05) is 30.3 Å². The van der Waals surface area contributed by atoms with Crippen molar-refractivity contribution in [3.05, 3.63) is 53.6 Å². The number of benzene rings is 1. The van der Waals surface area contributed by atoms with Gasteiger partial charge in [0.2, 0.25) is 5.91 Å². The van der Waals surface area contributed by atoms with E-state index in [-0.39, 0.29) is 17.6 Å². The van der Waals surface area contributed by atoms with Gasteiger partial charge in [0.1, 0.15) is 5.82 Å². The summed E-state index contributed by atoms with van der Waals surface area (Å²) in [6.07, 6.45) is 2.34. The number of anilines is 2. The van der Waals surface area contributed by atoms with E-state index in [0.717, 1.165) is 24.2 Å². The van der Waals surface area contributed by atoms with Gasteiger partial charge >= 0.3 is 6.03 Å². The topological polar surface area (TPSA) is 86.8 Å². The van der Waals surface area contributed by atoms with Gasteiger partial charge in [-0.25, -0.2) is 14.2 Å². The quantitative estimate of drug-likeness (QED) is 0.658. The minimum absolute atomic E-state index is 0.00982. The van der Waals surface area contributed by atoms with Crippen molar-refractivity contribution < 1.29 is 18.8 Å². The van der Waals surface area contributed by atoms with Crippen molar-refractivity contribution in [3.63, 3.8) is 0 Å². The average molecular weight is 429 g/mol. The highest BCUT2D eigenvalue weighted by molar-refractivity contribution is 5.99. The molecule has 9 heteroatoms. The number of aromatic nitrogens is 1. The number of aryl methyl sites for hydroxylation is 1. The summed E-state index contributed by atoms with van der Waals surface area (Å²) in [4.78, 5) is 35.8. The molecular weight excluding hydrogens is 401 g/mol. The maximum atomic E-state index is 14.2. The number of pyridine rings is 1. The van der Waals surface area contributed by atoms with E-state index in [1.165, 1.54) is 24.3 Å². The molecule has 1 aliphatic heterocycles. The molecule has 0 aliphatic carbocycles. The van der Waals surface area contributed by atoms with Crippen molar-refractivity contribution in [2.45, 2.75) is 39.8 Å². The minimum atomic E-state index is -0.545. The molecule has 1 fully saturated rings. The second kappa shape index (κ2) is 10.3. The van der Waals surface area contributed by atoms with E-state index < -0.39 is 11.8 Å². The highest BCUT2D eigenvalue weighted by Gasteiger charge is 2.30. The Labute approximate surface area is 181 Å². The first-order valence-electron chi connectivity index (χ1n) is 10.3. The largest absolute Gasteiger partial charge is 0.323 e. The molecule has 1 aromatic carbocycles. The van der Waals surface area contributed by atoms with Gasteiger partial charge in [0.25, 0.3) is 0 Å². The maximum Gasteiger partial charge on any atom is 0.323 e. The molecule has 1 atom stereocenters. The first-order valence-corrected chi connectivity index (χ1v) is 10.3. The molecule has 1 aliphatic rings. The summed E-state index contributed by atoms with van der Waals surface area (Å²) in [5, 5.41) is 6.64. The Hall–Kier alpha value is -3.04. The van der Waals surface area contributed by atoms with E-state index in [1.807, 2.05) is 13.8 Å². The van der Waals surface area contributed by atoms with Crippen LogP contribution in [-0.2, 0) is 16.2 Å². The summed E-state index contributed by atoms with van der Waals surface area (Å²) in [5.41, 5.74) is 2.32. The molecule has 8 nitrogen and oxygen atoms in total. The predicted octanol–water partition coefficient (Wildman–Crippen LogP) is 3.55. The molecule has 31 heavy (non-hydrogen) atoms. The fraction of sp³-hybridized carbons (Fsp3) is 0.409. The Bertz CT molecular complexity index is 922. The summed E-state index contributed by atoms with van der Waals surface area (Å²) < 4.78 is 14.2. The third kappa shape index (κ3) is 6.22. The van der Waals surface area contributed by atoms with Crippen LogP contribution >= 0.6 is 0 Å². The smallest absolute Gasteiger partial charge is 0.306 e. The number of rotatable bonds is 7. The van der Waals surface area contributed by atoms with Gasteiger partial charge in [-0.05, 0) is 50.1 Å². The number of carbonyl (C=O) groups excluding carboxylic acids is 2. The molecule has 0 spiro atoms. The van der Waals surface area contributed by atoms with Crippen LogP contribution in [0.25, 0.3) is 0 Å². The molecule has 0 unspecified atom stereocenters. The normalized spacial score (nSPS) is 16.2. The third-order valence-electron chi connectivity index (χ3n) is 5.01. The van der Waals surface area contributed by atoms with Crippen molar-refractivity contribution in [2.24, 2.45) is 0 Å². The molecular formula is C22H28FN5O3. The number of likely N-dealkylation sites (tertiary alicyclic amines) is 1. The fourth-order valence-electron chi connectivity index (χ4n) is 3.59. The minimum Gasteiger partial charge on any atom is -0.306 e. The van der Waals surface area contributed by atoms with Crippen LogP contribution in [0.5, 0.6) is 0 Å². The summed E-state index contributed by atoms with van der Waals surface area (Å²) >= 11 is 0. The molecule has 0 bridgehead atoms. The van der Waals surface area contributed by atoms with Crippen LogP contribution in [0.4, 0.5) is 20.6 Å². The van der Waals surface area contributed by atoms with E-state index in [4.69, 9.17) is 4.84 Å². The Balaban J connectivity index is 1.60. The number of carbonyl (C=O) groups is 2. The molecule has 1 saturated heterocycles. The zero-order valence-corrected chi connectivity index (χ0v) is 18.0. The Kier molecular flexibility index (Phi) is 7.54. The number of hydrogen-bond donors (Lipinski definition) is 2. The van der Waals surface area contributed by atoms with Crippen molar-refractivity contribution in [3.8, 4) is 0 Å². The lowest BCUT2D eigenvalue weighted by Crippen LogP contribution is -2.40.